The van der Waals surface area contributed by atoms with Crippen LogP contribution in [0.4, 0.5) is 0 Å². The summed E-state index contributed by atoms with van der Waals surface area (Å²) in [6.45, 7) is 4.36. The van der Waals surface area contributed by atoms with Crippen LogP contribution in [0.2, 0.25) is 0 Å². The second-order valence-electron chi connectivity index (χ2n) is 4.93. The maximum absolute atomic E-state index is 9.21. The summed E-state index contributed by atoms with van der Waals surface area (Å²) in [6.07, 6.45) is 6.62. The number of epoxide rings is 1. The number of hydrogen-bond acceptors (Lipinski definition) is 2. The lowest BCUT2D eigenvalue weighted by atomic mass is 9.76. The van der Waals surface area contributed by atoms with Crippen LogP contribution in [0.25, 0.3) is 0 Å². The van der Waals surface area contributed by atoms with Crippen LogP contribution < -0.4 is 0 Å². The van der Waals surface area contributed by atoms with Crippen LogP contribution in [0.5, 0.6) is 0 Å². The minimum Gasteiger partial charge on any atom is -0.393 e. The molecule has 2 atom stereocenters. The number of aliphatic hydroxyl groups is 1. The summed E-state index contributed by atoms with van der Waals surface area (Å²) in [6, 6.07) is 0. The van der Waals surface area contributed by atoms with Gasteiger partial charge in [0.15, 0.2) is 0 Å². The van der Waals surface area contributed by atoms with Gasteiger partial charge in [0.05, 0.1) is 6.61 Å². The van der Waals surface area contributed by atoms with E-state index in [4.69, 9.17) is 4.74 Å². The molecule has 1 aliphatic carbocycles. The largest absolute Gasteiger partial charge is 0.393 e. The van der Waals surface area contributed by atoms with E-state index in [1.165, 1.54) is 32.1 Å². The molecule has 13 heavy (non-hydrogen) atoms. The highest BCUT2D eigenvalue weighted by molar-refractivity contribution is 5.13. The molecule has 1 saturated heterocycles. The van der Waals surface area contributed by atoms with Crippen LogP contribution in [0, 0.1) is 5.92 Å². The monoisotopic (exact) mass is 184 g/mol. The van der Waals surface area contributed by atoms with Crippen molar-refractivity contribution in [2.75, 3.05) is 6.61 Å². The summed E-state index contributed by atoms with van der Waals surface area (Å²) >= 11 is 0. The fourth-order valence-corrected chi connectivity index (χ4v) is 2.80. The predicted octanol–water partition coefficient (Wildman–Crippen LogP) is 2.11. The maximum Gasteiger partial charge on any atom is 0.118 e. The molecule has 0 spiro atoms. The van der Waals surface area contributed by atoms with Crippen molar-refractivity contribution >= 4 is 0 Å². The standard InChI is InChI=1S/C11H20O2/c1-10(8-12)11(2,13-10)9-6-4-3-5-7-9/h9,12H,3-8H2,1-2H3. The van der Waals surface area contributed by atoms with E-state index in [0.29, 0.717) is 5.92 Å². The lowest BCUT2D eigenvalue weighted by Crippen LogP contribution is -2.32. The van der Waals surface area contributed by atoms with Gasteiger partial charge in [-0.25, -0.2) is 0 Å². The van der Waals surface area contributed by atoms with Gasteiger partial charge in [0.2, 0.25) is 0 Å². The highest BCUT2D eigenvalue weighted by atomic mass is 16.6. The van der Waals surface area contributed by atoms with Crippen LogP contribution in [-0.2, 0) is 4.74 Å². The summed E-state index contributed by atoms with van der Waals surface area (Å²) in [5, 5.41) is 9.21. The fraction of sp³-hybridized carbons (Fsp3) is 1.00. The van der Waals surface area contributed by atoms with Crippen molar-refractivity contribution in [2.45, 2.75) is 57.2 Å². The van der Waals surface area contributed by atoms with Gasteiger partial charge in [-0.15, -0.1) is 0 Å². The van der Waals surface area contributed by atoms with Crippen LogP contribution in [0.15, 0.2) is 0 Å². The molecule has 0 aromatic rings. The Kier molecular flexibility index (Phi) is 2.16. The summed E-state index contributed by atoms with van der Waals surface area (Å²) < 4.78 is 5.73. The second kappa shape index (κ2) is 2.96. The molecular formula is C11H20O2. The van der Waals surface area contributed by atoms with Crippen molar-refractivity contribution < 1.29 is 9.84 Å². The molecule has 2 unspecified atom stereocenters. The van der Waals surface area contributed by atoms with E-state index in [9.17, 15) is 5.11 Å². The molecule has 0 aromatic heterocycles. The van der Waals surface area contributed by atoms with Gasteiger partial charge in [0.25, 0.3) is 0 Å². The Labute approximate surface area is 80.3 Å². The van der Waals surface area contributed by atoms with Gasteiger partial charge >= 0.3 is 0 Å². The maximum atomic E-state index is 9.21. The third-order valence-corrected chi connectivity index (χ3v) is 4.13. The Hall–Kier alpha value is -0.0800. The molecule has 76 valence electrons. The smallest absolute Gasteiger partial charge is 0.118 e. The topological polar surface area (TPSA) is 32.8 Å². The van der Waals surface area contributed by atoms with E-state index in [1.807, 2.05) is 6.92 Å². The number of aliphatic hydroxyl groups excluding tert-OH is 1. The number of hydrogen-bond donors (Lipinski definition) is 1. The van der Waals surface area contributed by atoms with E-state index in [1.54, 1.807) is 0 Å². The van der Waals surface area contributed by atoms with Gasteiger partial charge in [0.1, 0.15) is 11.2 Å². The Balaban J connectivity index is 2.01. The van der Waals surface area contributed by atoms with Crippen LogP contribution >= 0.6 is 0 Å². The third-order valence-electron chi connectivity index (χ3n) is 4.13. The molecule has 0 aromatic carbocycles. The van der Waals surface area contributed by atoms with E-state index >= 15 is 0 Å². The van der Waals surface area contributed by atoms with Crippen molar-refractivity contribution in [1.82, 2.24) is 0 Å². The quantitative estimate of drug-likeness (QED) is 0.667. The SMILES string of the molecule is CC1(CO)OC1(C)C1CCCCC1. The molecule has 0 radical (unpaired) electrons. The summed E-state index contributed by atoms with van der Waals surface area (Å²) in [5.41, 5.74) is -0.267. The van der Waals surface area contributed by atoms with E-state index < -0.39 is 0 Å². The molecule has 1 saturated carbocycles. The van der Waals surface area contributed by atoms with Gasteiger partial charge in [0, 0.05) is 0 Å². The van der Waals surface area contributed by atoms with Crippen molar-refractivity contribution in [2.24, 2.45) is 5.92 Å². The normalized spacial score (nSPS) is 46.4. The Morgan fingerprint density at radius 2 is 1.85 bits per heavy atom. The summed E-state index contributed by atoms with van der Waals surface area (Å²) in [7, 11) is 0. The third kappa shape index (κ3) is 1.31. The predicted molar refractivity (Wildman–Crippen MR) is 51.6 cm³/mol. The molecule has 0 amide bonds. The first kappa shape index (κ1) is 9.47. The fourth-order valence-electron chi connectivity index (χ4n) is 2.80. The Morgan fingerprint density at radius 1 is 1.23 bits per heavy atom. The van der Waals surface area contributed by atoms with Crippen LogP contribution in [0.3, 0.4) is 0 Å². The first-order chi connectivity index (χ1) is 6.12. The number of ether oxygens (including phenoxy) is 1. The molecule has 1 heterocycles. The van der Waals surface area contributed by atoms with Crippen LogP contribution in [-0.4, -0.2) is 22.9 Å². The number of rotatable bonds is 2. The molecule has 2 fully saturated rings. The van der Waals surface area contributed by atoms with Crippen LogP contribution in [0.1, 0.15) is 46.0 Å². The zero-order valence-electron chi connectivity index (χ0n) is 8.68. The van der Waals surface area contributed by atoms with Gasteiger partial charge in [-0.1, -0.05) is 19.3 Å². The average molecular weight is 184 g/mol. The molecule has 2 nitrogen and oxygen atoms in total. The lowest BCUT2D eigenvalue weighted by Gasteiger charge is -2.27. The lowest BCUT2D eigenvalue weighted by molar-refractivity contribution is 0.170. The first-order valence-corrected chi connectivity index (χ1v) is 5.43. The average Bonchev–Trinajstić information content (AvgIpc) is 2.74. The van der Waals surface area contributed by atoms with Crippen molar-refractivity contribution in [3.05, 3.63) is 0 Å². The highest BCUT2D eigenvalue weighted by Crippen LogP contribution is 2.55. The molecule has 0 bridgehead atoms. The molecular weight excluding hydrogens is 164 g/mol. The molecule has 2 rings (SSSR count). The summed E-state index contributed by atoms with van der Waals surface area (Å²) in [4.78, 5) is 0. The van der Waals surface area contributed by atoms with Crippen molar-refractivity contribution in [3.8, 4) is 0 Å². The minimum absolute atomic E-state index is 0.0256. The Morgan fingerprint density at radius 3 is 2.31 bits per heavy atom. The van der Waals surface area contributed by atoms with E-state index in [0.717, 1.165) is 0 Å². The molecule has 1 aliphatic heterocycles. The van der Waals surface area contributed by atoms with Gasteiger partial charge < -0.3 is 9.84 Å². The van der Waals surface area contributed by atoms with E-state index in [2.05, 4.69) is 6.92 Å². The van der Waals surface area contributed by atoms with Gasteiger partial charge in [-0.2, -0.15) is 0 Å². The Bertz CT molecular complexity index is 198. The zero-order valence-corrected chi connectivity index (χ0v) is 8.68. The van der Waals surface area contributed by atoms with Crippen molar-refractivity contribution in [3.63, 3.8) is 0 Å². The van der Waals surface area contributed by atoms with Crippen molar-refractivity contribution in [1.29, 1.82) is 0 Å². The van der Waals surface area contributed by atoms with Gasteiger partial charge in [-0.3, -0.25) is 0 Å². The molecule has 2 aliphatic rings. The van der Waals surface area contributed by atoms with E-state index in [-0.39, 0.29) is 17.8 Å². The van der Waals surface area contributed by atoms with Gasteiger partial charge in [-0.05, 0) is 32.6 Å². The first-order valence-electron chi connectivity index (χ1n) is 5.43. The molecule has 1 N–H and O–H groups in total. The highest BCUT2D eigenvalue weighted by Gasteiger charge is 2.66. The zero-order chi connectivity index (χ0) is 9.53. The minimum atomic E-state index is -0.241. The summed E-state index contributed by atoms with van der Waals surface area (Å²) in [5.74, 6) is 0.679. The second-order valence-corrected chi connectivity index (χ2v) is 4.93. The molecule has 2 heteroatoms.